The first-order valence-electron chi connectivity index (χ1n) is 5.82. The van der Waals surface area contributed by atoms with Gasteiger partial charge in [-0.1, -0.05) is 29.8 Å². The zero-order valence-electron chi connectivity index (χ0n) is 9.69. The highest BCUT2D eigenvalue weighted by molar-refractivity contribution is 5.41. The molecule has 4 rings (SSSR count). The first-order valence-corrected chi connectivity index (χ1v) is 5.82. The fourth-order valence-corrected chi connectivity index (χ4v) is 3.47. The van der Waals surface area contributed by atoms with Crippen molar-refractivity contribution >= 4 is 0 Å². The van der Waals surface area contributed by atoms with E-state index >= 15 is 0 Å². The third kappa shape index (κ3) is 1.08. The van der Waals surface area contributed by atoms with Crippen LogP contribution in [0.3, 0.4) is 0 Å². The van der Waals surface area contributed by atoms with Crippen LogP contribution in [0.5, 0.6) is 0 Å². The van der Waals surface area contributed by atoms with Crippen LogP contribution in [0.15, 0.2) is 24.3 Å². The maximum Gasteiger partial charge on any atom is 0.251 e. The molecule has 0 radical (unpaired) electrons. The lowest BCUT2D eigenvalue weighted by Crippen LogP contribution is -2.70. The molecule has 0 saturated heterocycles. The fourth-order valence-electron chi connectivity index (χ4n) is 3.47. The van der Waals surface area contributed by atoms with Crippen LogP contribution in [-0.2, 0) is 5.41 Å². The van der Waals surface area contributed by atoms with E-state index in [9.17, 15) is 8.78 Å². The molecule has 0 atom stereocenters. The molecule has 0 nitrogen and oxygen atoms in total. The number of alkyl halides is 2. The fraction of sp³-hybridized carbons (Fsp3) is 0.571. The number of rotatable bonds is 2. The predicted molar refractivity (Wildman–Crippen MR) is 59.8 cm³/mol. The average molecular weight is 222 g/mol. The summed E-state index contributed by atoms with van der Waals surface area (Å²) in [6.07, 6.45) is 2.02. The minimum Gasteiger partial charge on any atom is -0.207 e. The molecule has 86 valence electrons. The summed E-state index contributed by atoms with van der Waals surface area (Å²) in [5, 5.41) is 0. The van der Waals surface area contributed by atoms with Gasteiger partial charge in [-0.2, -0.15) is 0 Å². The Morgan fingerprint density at radius 2 is 1.56 bits per heavy atom. The van der Waals surface area contributed by atoms with Gasteiger partial charge in [-0.05, 0) is 44.1 Å². The molecule has 0 amide bonds. The van der Waals surface area contributed by atoms with Crippen molar-refractivity contribution in [2.45, 2.75) is 44.4 Å². The minimum atomic E-state index is -2.50. The van der Waals surface area contributed by atoms with Crippen molar-refractivity contribution in [1.82, 2.24) is 0 Å². The van der Waals surface area contributed by atoms with Crippen LogP contribution < -0.4 is 0 Å². The molecular weight excluding hydrogens is 206 g/mol. The van der Waals surface area contributed by atoms with E-state index in [1.54, 1.807) is 0 Å². The highest BCUT2D eigenvalue weighted by Gasteiger charge is 2.75. The van der Waals surface area contributed by atoms with Gasteiger partial charge in [-0.25, -0.2) is 8.78 Å². The van der Waals surface area contributed by atoms with Crippen LogP contribution in [0.1, 0.15) is 37.3 Å². The highest BCUT2D eigenvalue weighted by Crippen LogP contribution is 2.78. The molecule has 0 N–H and O–H groups in total. The summed E-state index contributed by atoms with van der Waals surface area (Å²) >= 11 is 0. The number of hydrogen-bond donors (Lipinski definition) is 0. The Kier molecular flexibility index (Phi) is 1.71. The van der Waals surface area contributed by atoms with Crippen LogP contribution in [0.4, 0.5) is 8.78 Å². The van der Waals surface area contributed by atoms with E-state index in [2.05, 4.69) is 24.3 Å². The molecule has 1 aromatic carbocycles. The molecule has 1 aromatic rings. The summed E-state index contributed by atoms with van der Waals surface area (Å²) in [7, 11) is 0. The lowest BCUT2D eigenvalue weighted by atomic mass is 9.32. The molecule has 3 aliphatic rings. The molecule has 0 aromatic heterocycles. The first kappa shape index (κ1) is 10.2. The quantitative estimate of drug-likeness (QED) is 0.707. The topological polar surface area (TPSA) is 0 Å². The summed E-state index contributed by atoms with van der Waals surface area (Å²) in [5.74, 6) is -2.50. The van der Waals surface area contributed by atoms with Crippen molar-refractivity contribution in [1.29, 1.82) is 0 Å². The van der Waals surface area contributed by atoms with Gasteiger partial charge in [0.2, 0.25) is 0 Å². The lowest BCUT2D eigenvalue weighted by molar-refractivity contribution is -0.272. The molecule has 3 aliphatic carbocycles. The Labute approximate surface area is 94.7 Å². The molecule has 0 unspecified atom stereocenters. The van der Waals surface area contributed by atoms with Crippen molar-refractivity contribution < 1.29 is 8.78 Å². The second-order valence-corrected chi connectivity index (χ2v) is 5.85. The summed E-state index contributed by atoms with van der Waals surface area (Å²) < 4.78 is 26.7. The largest absolute Gasteiger partial charge is 0.251 e. The number of aryl methyl sites for hydroxylation is 1. The van der Waals surface area contributed by atoms with Gasteiger partial charge in [-0.15, -0.1) is 0 Å². The molecule has 0 heterocycles. The number of halogens is 2. The van der Waals surface area contributed by atoms with Gasteiger partial charge in [0.25, 0.3) is 5.92 Å². The predicted octanol–water partition coefficient (Wildman–Crippen LogP) is 4.07. The summed E-state index contributed by atoms with van der Waals surface area (Å²) in [4.78, 5) is 0. The van der Waals surface area contributed by atoms with Crippen molar-refractivity contribution in [2.24, 2.45) is 5.41 Å². The van der Waals surface area contributed by atoms with E-state index in [0.29, 0.717) is 19.3 Å². The Bertz CT molecular complexity index is 405. The van der Waals surface area contributed by atoms with Gasteiger partial charge in [0.1, 0.15) is 0 Å². The molecule has 2 bridgehead atoms. The molecule has 0 aliphatic heterocycles. The van der Waals surface area contributed by atoms with Gasteiger partial charge in [0, 0.05) is 5.41 Å². The Hall–Kier alpha value is -0.920. The number of benzene rings is 1. The van der Waals surface area contributed by atoms with Gasteiger partial charge in [-0.3, -0.25) is 0 Å². The van der Waals surface area contributed by atoms with E-state index in [1.165, 1.54) is 11.1 Å². The zero-order valence-corrected chi connectivity index (χ0v) is 9.69. The second kappa shape index (κ2) is 2.66. The zero-order chi connectivity index (χ0) is 11.6. The SMILES string of the molecule is Cc1ccc(C23CC(C(C)(F)F)(C2)C3)cc1. The van der Waals surface area contributed by atoms with E-state index in [0.717, 1.165) is 6.92 Å². The van der Waals surface area contributed by atoms with E-state index in [1.807, 2.05) is 6.92 Å². The van der Waals surface area contributed by atoms with Crippen molar-refractivity contribution in [3.8, 4) is 0 Å². The smallest absolute Gasteiger partial charge is 0.207 e. The summed E-state index contributed by atoms with van der Waals surface area (Å²) in [6, 6.07) is 8.36. The maximum atomic E-state index is 13.3. The number of hydrogen-bond acceptors (Lipinski definition) is 0. The highest BCUT2D eigenvalue weighted by atomic mass is 19.3. The van der Waals surface area contributed by atoms with Gasteiger partial charge in [0.15, 0.2) is 0 Å². The molecular formula is C14H16F2. The molecule has 16 heavy (non-hydrogen) atoms. The van der Waals surface area contributed by atoms with Crippen molar-refractivity contribution in [3.63, 3.8) is 0 Å². The first-order chi connectivity index (χ1) is 7.37. The van der Waals surface area contributed by atoms with E-state index in [-0.39, 0.29) is 5.41 Å². The van der Waals surface area contributed by atoms with Crippen molar-refractivity contribution in [3.05, 3.63) is 35.4 Å². The third-order valence-corrected chi connectivity index (χ3v) is 4.63. The monoisotopic (exact) mass is 222 g/mol. The Balaban J connectivity index is 1.81. The maximum absolute atomic E-state index is 13.3. The van der Waals surface area contributed by atoms with Crippen LogP contribution in [0.25, 0.3) is 0 Å². The normalized spacial score (nSPS) is 36.5. The van der Waals surface area contributed by atoms with Crippen LogP contribution >= 0.6 is 0 Å². The van der Waals surface area contributed by atoms with Gasteiger partial charge < -0.3 is 0 Å². The Morgan fingerprint density at radius 3 is 2.00 bits per heavy atom. The molecule has 3 fully saturated rings. The average Bonchev–Trinajstić information content (AvgIpc) is 2.00. The Morgan fingerprint density at radius 1 is 1.06 bits per heavy atom. The van der Waals surface area contributed by atoms with Gasteiger partial charge in [0.05, 0.1) is 0 Å². The van der Waals surface area contributed by atoms with Crippen LogP contribution in [0, 0.1) is 12.3 Å². The van der Waals surface area contributed by atoms with Crippen molar-refractivity contribution in [2.75, 3.05) is 0 Å². The van der Waals surface area contributed by atoms with E-state index in [4.69, 9.17) is 0 Å². The third-order valence-electron chi connectivity index (χ3n) is 4.63. The molecule has 0 spiro atoms. The van der Waals surface area contributed by atoms with E-state index < -0.39 is 11.3 Å². The van der Waals surface area contributed by atoms with Gasteiger partial charge >= 0.3 is 0 Å². The van der Waals surface area contributed by atoms with Crippen LogP contribution in [0.2, 0.25) is 0 Å². The standard InChI is InChI=1S/C14H16F2/c1-10-3-5-11(6-4-10)13-7-14(8-13,9-13)12(2,15)16/h3-6H,7-9H2,1-2H3. The lowest BCUT2D eigenvalue weighted by Gasteiger charge is -2.72. The minimum absolute atomic E-state index is 0.0904. The second-order valence-electron chi connectivity index (χ2n) is 5.85. The molecule has 3 saturated carbocycles. The molecule has 2 heteroatoms. The van der Waals surface area contributed by atoms with Crippen LogP contribution in [-0.4, -0.2) is 5.92 Å². The summed E-state index contributed by atoms with van der Waals surface area (Å²) in [6.45, 7) is 3.12. The summed E-state index contributed by atoms with van der Waals surface area (Å²) in [5.41, 5.74) is 1.90.